The predicted octanol–water partition coefficient (Wildman–Crippen LogP) is 5.06. The lowest BCUT2D eigenvalue weighted by atomic mass is 9.79. The summed E-state index contributed by atoms with van der Waals surface area (Å²) in [5.74, 6) is 0. The van der Waals surface area contributed by atoms with E-state index in [9.17, 15) is 4.79 Å². The maximum atomic E-state index is 12.9. The fraction of sp³-hybridized carbons (Fsp3) is 0.846. The zero-order valence-corrected chi connectivity index (χ0v) is 25.8. The quantitative estimate of drug-likeness (QED) is 0.516. The van der Waals surface area contributed by atoms with E-state index in [4.69, 9.17) is 23.6 Å². The van der Waals surface area contributed by atoms with Gasteiger partial charge in [-0.05, 0) is 79.9 Å². The number of rotatable bonds is 4. The van der Waals surface area contributed by atoms with Crippen molar-refractivity contribution in [2.75, 3.05) is 13.1 Å². The molecule has 0 saturated carbocycles. The first-order valence-electron chi connectivity index (χ1n) is 13.2. The molecule has 2 atom stereocenters. The van der Waals surface area contributed by atoms with Gasteiger partial charge in [-0.2, -0.15) is 5.10 Å². The Morgan fingerprint density at radius 3 is 2.17 bits per heavy atom. The van der Waals surface area contributed by atoms with Crippen LogP contribution in [0.5, 0.6) is 0 Å². The van der Waals surface area contributed by atoms with Gasteiger partial charge >= 0.3 is 13.2 Å². The van der Waals surface area contributed by atoms with Crippen LogP contribution in [0.2, 0.25) is 18.1 Å². The fourth-order valence-corrected chi connectivity index (χ4v) is 5.66. The van der Waals surface area contributed by atoms with Crippen LogP contribution in [0.3, 0.4) is 0 Å². The highest BCUT2D eigenvalue weighted by Crippen LogP contribution is 2.40. The second-order valence-corrected chi connectivity index (χ2v) is 18.7. The van der Waals surface area contributed by atoms with Gasteiger partial charge in [0.1, 0.15) is 5.60 Å². The molecule has 204 valence electrons. The van der Waals surface area contributed by atoms with Gasteiger partial charge in [0.2, 0.25) is 0 Å². The van der Waals surface area contributed by atoms with Gasteiger partial charge in [0, 0.05) is 23.9 Å². The second kappa shape index (κ2) is 9.43. The Morgan fingerprint density at radius 2 is 1.67 bits per heavy atom. The average molecular weight is 522 g/mol. The van der Waals surface area contributed by atoms with Crippen LogP contribution in [0.1, 0.15) is 87.4 Å². The Bertz CT molecular complexity index is 948. The zero-order valence-electron chi connectivity index (χ0n) is 24.8. The Kier molecular flexibility index (Phi) is 7.65. The summed E-state index contributed by atoms with van der Waals surface area (Å²) >= 11 is 0. The summed E-state index contributed by atoms with van der Waals surface area (Å²) in [6.45, 7) is 28.2. The molecule has 0 spiro atoms. The summed E-state index contributed by atoms with van der Waals surface area (Å²) in [7, 11) is -2.59. The summed E-state index contributed by atoms with van der Waals surface area (Å²) < 4.78 is 27.3. The molecule has 0 aliphatic carbocycles. The van der Waals surface area contributed by atoms with E-state index in [1.165, 1.54) is 0 Å². The van der Waals surface area contributed by atoms with Gasteiger partial charge in [-0.15, -0.1) is 0 Å². The van der Waals surface area contributed by atoms with Crippen molar-refractivity contribution in [2.24, 2.45) is 0 Å². The van der Waals surface area contributed by atoms with E-state index in [1.54, 1.807) is 4.90 Å². The van der Waals surface area contributed by atoms with Gasteiger partial charge in [0.25, 0.3) is 0 Å². The molecule has 1 aromatic rings. The smallest absolute Gasteiger partial charge is 0.444 e. The van der Waals surface area contributed by atoms with Crippen LogP contribution in [0.15, 0.2) is 6.20 Å². The molecule has 36 heavy (non-hydrogen) atoms. The van der Waals surface area contributed by atoms with Crippen LogP contribution in [-0.2, 0) is 18.5 Å². The summed E-state index contributed by atoms with van der Waals surface area (Å²) in [4.78, 5) is 14.7. The number of carbonyl (C=O) groups is 1. The fourth-order valence-electron chi connectivity index (χ4n) is 4.32. The molecule has 1 aromatic heterocycles. The van der Waals surface area contributed by atoms with Gasteiger partial charge in [-0.25, -0.2) is 4.79 Å². The number of likely N-dealkylation sites (tertiary alicyclic amines) is 1. The normalized spacial score (nSPS) is 24.8. The van der Waals surface area contributed by atoms with Crippen molar-refractivity contribution >= 4 is 27.0 Å². The molecule has 3 heterocycles. The first-order chi connectivity index (χ1) is 16.2. The van der Waals surface area contributed by atoms with E-state index in [0.29, 0.717) is 13.1 Å². The van der Waals surface area contributed by atoms with Crippen molar-refractivity contribution in [3.05, 3.63) is 11.9 Å². The Morgan fingerprint density at radius 1 is 1.11 bits per heavy atom. The molecular formula is C26H48BN3O5Si. The molecule has 0 aromatic carbocycles. The monoisotopic (exact) mass is 521 g/mol. The van der Waals surface area contributed by atoms with Crippen LogP contribution in [0.25, 0.3) is 0 Å². The van der Waals surface area contributed by atoms with Crippen molar-refractivity contribution in [3.8, 4) is 0 Å². The number of hydrogen-bond acceptors (Lipinski definition) is 6. The second-order valence-electron chi connectivity index (χ2n) is 13.9. The number of hydrogen-bond donors (Lipinski definition) is 0. The first-order valence-corrected chi connectivity index (χ1v) is 16.1. The molecular weight excluding hydrogens is 473 g/mol. The van der Waals surface area contributed by atoms with E-state index >= 15 is 0 Å². The predicted molar refractivity (Wildman–Crippen MR) is 146 cm³/mol. The molecule has 3 rings (SSSR count). The van der Waals surface area contributed by atoms with Crippen molar-refractivity contribution in [1.82, 2.24) is 14.7 Å². The van der Waals surface area contributed by atoms with Crippen LogP contribution >= 0.6 is 0 Å². The molecule has 0 radical (unpaired) electrons. The third-order valence-electron chi connectivity index (χ3n) is 8.33. The molecule has 2 aliphatic heterocycles. The minimum Gasteiger partial charge on any atom is -0.444 e. The summed E-state index contributed by atoms with van der Waals surface area (Å²) in [6.07, 6.45) is 2.10. The third-order valence-corrected chi connectivity index (χ3v) is 12.8. The SMILES string of the molecule is Cc1c(B2OC(C)(C)C(C)(C)O2)cnn1C1CCN(C(=O)OC(C)(C)C)CC1O[Si](C)(C)C(C)(C)C. The lowest BCUT2D eigenvalue weighted by molar-refractivity contribution is -0.00848. The highest BCUT2D eigenvalue weighted by molar-refractivity contribution is 6.74. The Labute approximate surface area is 219 Å². The number of carbonyl (C=O) groups excluding carboxylic acids is 1. The number of nitrogens with zero attached hydrogens (tertiary/aromatic N) is 3. The van der Waals surface area contributed by atoms with E-state index in [1.807, 2.05) is 27.0 Å². The molecule has 10 heteroatoms. The van der Waals surface area contributed by atoms with Gasteiger partial charge in [0.15, 0.2) is 8.32 Å². The van der Waals surface area contributed by atoms with Gasteiger partial charge in [-0.1, -0.05) is 20.8 Å². The van der Waals surface area contributed by atoms with Crippen molar-refractivity contribution < 1.29 is 23.3 Å². The van der Waals surface area contributed by atoms with Crippen molar-refractivity contribution in [2.45, 2.75) is 130 Å². The number of amides is 1. The van der Waals surface area contributed by atoms with Crippen LogP contribution in [0.4, 0.5) is 4.79 Å². The highest BCUT2D eigenvalue weighted by atomic mass is 28.4. The topological polar surface area (TPSA) is 75.1 Å². The van der Waals surface area contributed by atoms with Crippen molar-refractivity contribution in [1.29, 1.82) is 0 Å². The Hall–Kier alpha value is -1.36. The van der Waals surface area contributed by atoms with Gasteiger partial charge < -0.3 is 23.4 Å². The largest absolute Gasteiger partial charge is 0.498 e. The minimum absolute atomic E-state index is 0.00557. The van der Waals surface area contributed by atoms with Crippen LogP contribution in [-0.4, -0.2) is 72.2 Å². The first kappa shape index (κ1) is 29.2. The summed E-state index contributed by atoms with van der Waals surface area (Å²) in [5.41, 5.74) is 0.570. The molecule has 2 unspecified atom stereocenters. The molecule has 2 fully saturated rings. The van der Waals surface area contributed by atoms with Crippen LogP contribution < -0.4 is 5.46 Å². The lowest BCUT2D eigenvalue weighted by Crippen LogP contribution is -2.54. The van der Waals surface area contributed by atoms with E-state index in [0.717, 1.165) is 17.6 Å². The average Bonchev–Trinajstić information content (AvgIpc) is 3.15. The minimum atomic E-state index is -2.12. The molecule has 1 amide bonds. The summed E-state index contributed by atoms with van der Waals surface area (Å²) in [5, 5.41) is 4.85. The number of piperidine rings is 1. The standard InChI is InChI=1S/C26H48BN3O5Si/c1-18-19(27-34-25(8,9)26(10,11)35-27)16-28-30(18)20-14-15-29(22(31)32-23(2,3)4)17-21(20)33-36(12,13)24(5,6)7/h16,20-21H,14-15,17H2,1-13H3. The Balaban J connectivity index is 1.90. The van der Waals surface area contributed by atoms with Gasteiger partial charge in [-0.3, -0.25) is 4.68 Å². The third kappa shape index (κ3) is 5.87. The molecule has 0 N–H and O–H groups in total. The summed E-state index contributed by atoms with van der Waals surface area (Å²) in [6, 6.07) is -0.00557. The van der Waals surface area contributed by atoms with Gasteiger partial charge in [0.05, 0.1) is 29.9 Å². The maximum Gasteiger partial charge on any atom is 0.498 e. The molecule has 8 nitrogen and oxygen atoms in total. The van der Waals surface area contributed by atoms with E-state index in [-0.39, 0.29) is 23.3 Å². The zero-order chi connectivity index (χ0) is 27.5. The lowest BCUT2D eigenvalue weighted by Gasteiger charge is -2.45. The van der Waals surface area contributed by atoms with E-state index < -0.39 is 32.2 Å². The molecule has 2 aliphatic rings. The molecule has 2 saturated heterocycles. The molecule has 0 bridgehead atoms. The highest BCUT2D eigenvalue weighted by Gasteiger charge is 2.53. The van der Waals surface area contributed by atoms with Crippen molar-refractivity contribution in [3.63, 3.8) is 0 Å². The number of ether oxygens (including phenoxy) is 1. The number of aromatic nitrogens is 2. The van der Waals surface area contributed by atoms with E-state index in [2.05, 4.69) is 73.2 Å². The van der Waals surface area contributed by atoms with Crippen LogP contribution in [0, 0.1) is 6.92 Å². The maximum absolute atomic E-state index is 12.9.